The smallest absolute Gasteiger partial charge is 0.0352 e. The van der Waals surface area contributed by atoms with Gasteiger partial charge in [-0.15, -0.1) is 0 Å². The van der Waals surface area contributed by atoms with Crippen LogP contribution >= 0.6 is 0 Å². The van der Waals surface area contributed by atoms with Gasteiger partial charge >= 0.3 is 0 Å². The van der Waals surface area contributed by atoms with Crippen LogP contribution in [0.2, 0.25) is 0 Å². The summed E-state index contributed by atoms with van der Waals surface area (Å²) in [6.45, 7) is 8.32. The van der Waals surface area contributed by atoms with Crippen molar-refractivity contribution in [3.63, 3.8) is 0 Å². The molecule has 0 fully saturated rings. The van der Waals surface area contributed by atoms with Crippen LogP contribution < -0.4 is 0 Å². The summed E-state index contributed by atoms with van der Waals surface area (Å²) in [5, 5.41) is 5.95. The molecule has 0 aromatic heterocycles. The summed E-state index contributed by atoms with van der Waals surface area (Å²) in [7, 11) is 1.93. The van der Waals surface area contributed by atoms with E-state index >= 15 is 0 Å². The van der Waals surface area contributed by atoms with Crippen LogP contribution in [-0.2, 0) is 0 Å². The molecule has 0 N–H and O–H groups in total. The van der Waals surface area contributed by atoms with E-state index in [0.29, 0.717) is 0 Å². The van der Waals surface area contributed by atoms with Gasteiger partial charge in [0.05, 0.1) is 0 Å². The maximum Gasteiger partial charge on any atom is 0.0352 e. The number of hydrazone groups is 1. The first kappa shape index (κ1) is 7.32. The molecule has 0 aliphatic carbocycles. The molecule has 0 bridgehead atoms. The molecular formula is C8H14N2. The van der Waals surface area contributed by atoms with Crippen molar-refractivity contribution >= 4 is 6.21 Å². The van der Waals surface area contributed by atoms with Gasteiger partial charge in [-0.3, -0.25) is 5.01 Å². The van der Waals surface area contributed by atoms with Crippen LogP contribution in [0.3, 0.4) is 0 Å². The van der Waals surface area contributed by atoms with Gasteiger partial charge in [0.25, 0.3) is 0 Å². The largest absolute Gasteiger partial charge is 0.273 e. The highest BCUT2D eigenvalue weighted by Crippen LogP contribution is 2.32. The van der Waals surface area contributed by atoms with Crippen LogP contribution in [0.5, 0.6) is 0 Å². The Bertz CT molecular complexity index is 180. The predicted molar refractivity (Wildman–Crippen MR) is 43.8 cm³/mol. The summed E-state index contributed by atoms with van der Waals surface area (Å²) in [5.74, 6) is 0. The van der Waals surface area contributed by atoms with Crippen LogP contribution in [0, 0.1) is 5.41 Å². The van der Waals surface area contributed by atoms with Crippen molar-refractivity contribution in [1.82, 2.24) is 5.01 Å². The Balaban J connectivity index is 2.85. The van der Waals surface area contributed by atoms with E-state index < -0.39 is 0 Å². The zero-order valence-electron chi connectivity index (χ0n) is 6.89. The molecule has 2 nitrogen and oxygen atoms in total. The molecule has 0 saturated carbocycles. The molecule has 1 rings (SSSR count). The zero-order chi connectivity index (χ0) is 7.78. The van der Waals surface area contributed by atoms with Gasteiger partial charge in [0.1, 0.15) is 0 Å². The summed E-state index contributed by atoms with van der Waals surface area (Å²) in [5.41, 5.74) is 1.28. The van der Waals surface area contributed by atoms with E-state index in [1.54, 1.807) is 0 Å². The lowest BCUT2D eigenvalue weighted by Gasteiger charge is -2.33. The molecule has 1 aliphatic heterocycles. The van der Waals surface area contributed by atoms with Crippen molar-refractivity contribution in [3.8, 4) is 0 Å². The second-order valence-electron chi connectivity index (χ2n) is 3.36. The third-order valence-corrected chi connectivity index (χ3v) is 2.03. The van der Waals surface area contributed by atoms with Crippen LogP contribution in [0.25, 0.3) is 0 Å². The van der Waals surface area contributed by atoms with Gasteiger partial charge < -0.3 is 0 Å². The summed E-state index contributed by atoms with van der Waals surface area (Å²) in [6.07, 6.45) is 2.94. The third kappa shape index (κ3) is 1.06. The molecule has 10 heavy (non-hydrogen) atoms. The minimum atomic E-state index is 0.191. The monoisotopic (exact) mass is 138 g/mol. The normalized spacial score (nSPS) is 23.5. The van der Waals surface area contributed by atoms with Crippen LogP contribution in [0.4, 0.5) is 0 Å². The van der Waals surface area contributed by atoms with Crippen LogP contribution in [-0.4, -0.2) is 18.3 Å². The Kier molecular flexibility index (Phi) is 1.55. The summed E-state index contributed by atoms with van der Waals surface area (Å²) in [4.78, 5) is 0. The van der Waals surface area contributed by atoms with E-state index in [-0.39, 0.29) is 5.41 Å². The SMILES string of the molecule is C=C1N(C)N=CCC1(C)C. The second kappa shape index (κ2) is 2.11. The first-order chi connectivity index (χ1) is 4.54. The van der Waals surface area contributed by atoms with Crippen LogP contribution in [0.15, 0.2) is 17.4 Å². The van der Waals surface area contributed by atoms with Crippen molar-refractivity contribution in [2.45, 2.75) is 20.3 Å². The maximum absolute atomic E-state index is 4.12. The van der Waals surface area contributed by atoms with E-state index in [4.69, 9.17) is 0 Å². The molecule has 1 heterocycles. The maximum atomic E-state index is 4.12. The fraction of sp³-hybridized carbons (Fsp3) is 0.625. The second-order valence-corrected chi connectivity index (χ2v) is 3.36. The van der Waals surface area contributed by atoms with Gasteiger partial charge in [-0.25, -0.2) is 0 Å². The lowest BCUT2D eigenvalue weighted by Crippen LogP contribution is -2.29. The minimum Gasteiger partial charge on any atom is -0.273 e. The van der Waals surface area contributed by atoms with E-state index in [2.05, 4.69) is 25.5 Å². The van der Waals surface area contributed by atoms with Gasteiger partial charge in [0.15, 0.2) is 0 Å². The van der Waals surface area contributed by atoms with E-state index in [1.165, 1.54) is 0 Å². The van der Waals surface area contributed by atoms with Crippen molar-refractivity contribution < 1.29 is 0 Å². The van der Waals surface area contributed by atoms with Gasteiger partial charge in [-0.2, -0.15) is 5.10 Å². The molecule has 0 aromatic rings. The Morgan fingerprint density at radius 2 is 2.30 bits per heavy atom. The molecular weight excluding hydrogens is 124 g/mol. The first-order valence-electron chi connectivity index (χ1n) is 3.49. The van der Waals surface area contributed by atoms with E-state index in [1.807, 2.05) is 18.3 Å². The third-order valence-electron chi connectivity index (χ3n) is 2.03. The van der Waals surface area contributed by atoms with Gasteiger partial charge in [-0.1, -0.05) is 20.4 Å². The molecule has 56 valence electrons. The minimum absolute atomic E-state index is 0.191. The van der Waals surface area contributed by atoms with Crippen molar-refractivity contribution in [1.29, 1.82) is 0 Å². The zero-order valence-corrected chi connectivity index (χ0v) is 6.89. The summed E-state index contributed by atoms with van der Waals surface area (Å²) >= 11 is 0. The average Bonchev–Trinajstić information content (AvgIpc) is 1.83. The van der Waals surface area contributed by atoms with Crippen molar-refractivity contribution in [3.05, 3.63) is 12.3 Å². The number of rotatable bonds is 0. The summed E-state index contributed by atoms with van der Waals surface area (Å²) in [6, 6.07) is 0. The Labute approximate surface area is 62.2 Å². The number of allylic oxidation sites excluding steroid dienone is 1. The Morgan fingerprint density at radius 1 is 1.70 bits per heavy atom. The van der Waals surface area contributed by atoms with Gasteiger partial charge in [0.2, 0.25) is 0 Å². The molecule has 0 radical (unpaired) electrons. The molecule has 1 aliphatic rings. The molecule has 0 atom stereocenters. The summed E-state index contributed by atoms with van der Waals surface area (Å²) < 4.78 is 0. The van der Waals surface area contributed by atoms with E-state index in [9.17, 15) is 0 Å². The number of hydrogen-bond acceptors (Lipinski definition) is 2. The van der Waals surface area contributed by atoms with Gasteiger partial charge in [0, 0.05) is 24.4 Å². The number of hydrogen-bond donors (Lipinski definition) is 0. The molecule has 0 aromatic carbocycles. The average molecular weight is 138 g/mol. The predicted octanol–water partition coefficient (Wildman–Crippen LogP) is 1.85. The van der Waals surface area contributed by atoms with Crippen molar-refractivity contribution in [2.75, 3.05) is 7.05 Å². The standard InChI is InChI=1S/C8H14N2/c1-7-8(2,3)5-6-9-10(7)4/h6H,1,5H2,2-4H3. The quantitative estimate of drug-likeness (QED) is 0.498. The topological polar surface area (TPSA) is 15.6 Å². The molecule has 0 unspecified atom stereocenters. The first-order valence-corrected chi connectivity index (χ1v) is 3.49. The molecule has 0 spiro atoms. The van der Waals surface area contributed by atoms with Crippen molar-refractivity contribution in [2.24, 2.45) is 10.5 Å². The number of nitrogens with zero attached hydrogens (tertiary/aromatic N) is 2. The van der Waals surface area contributed by atoms with Crippen LogP contribution in [0.1, 0.15) is 20.3 Å². The fourth-order valence-corrected chi connectivity index (χ4v) is 1.02. The lowest BCUT2D eigenvalue weighted by molar-refractivity contribution is 0.292. The Hall–Kier alpha value is -0.790. The Morgan fingerprint density at radius 3 is 2.70 bits per heavy atom. The fourth-order valence-electron chi connectivity index (χ4n) is 1.02. The lowest BCUT2D eigenvalue weighted by atomic mass is 9.85. The molecule has 2 heteroatoms. The molecule has 0 amide bonds. The van der Waals surface area contributed by atoms with Gasteiger partial charge in [-0.05, 0) is 6.42 Å². The van der Waals surface area contributed by atoms with E-state index in [0.717, 1.165) is 12.1 Å². The highest BCUT2D eigenvalue weighted by atomic mass is 15.4. The highest BCUT2D eigenvalue weighted by molar-refractivity contribution is 5.60. The molecule has 0 saturated heterocycles. The highest BCUT2D eigenvalue weighted by Gasteiger charge is 2.26.